The molecule has 0 aliphatic rings. The minimum atomic E-state index is -4.47. The summed E-state index contributed by atoms with van der Waals surface area (Å²) in [5.74, 6) is 0. The van der Waals surface area contributed by atoms with Gasteiger partial charge in [0.15, 0.2) is 0 Å². The van der Waals surface area contributed by atoms with Crippen LogP contribution >= 0.6 is 0 Å². The summed E-state index contributed by atoms with van der Waals surface area (Å²) in [5.41, 5.74) is 2.26. The molecule has 0 N–H and O–H groups in total. The fourth-order valence-corrected chi connectivity index (χ4v) is 4.03. The van der Waals surface area contributed by atoms with Crippen LogP contribution in [0, 0.1) is 0 Å². The number of unbranched alkanes of at least 4 members (excludes halogenated alkanes) is 4. The Morgan fingerprint density at radius 3 is 2.00 bits per heavy atom. The van der Waals surface area contributed by atoms with Gasteiger partial charge in [-0.1, -0.05) is 63.8 Å². The molecule has 0 atom stereocenters. The van der Waals surface area contributed by atoms with E-state index >= 15 is 0 Å². The van der Waals surface area contributed by atoms with E-state index in [-0.39, 0.29) is 56.3 Å². The van der Waals surface area contributed by atoms with Crippen molar-refractivity contribution >= 4 is 20.9 Å². The summed E-state index contributed by atoms with van der Waals surface area (Å²) in [6.07, 6.45) is 8.42. The van der Waals surface area contributed by atoms with Crippen LogP contribution in [-0.2, 0) is 23.0 Å². The first-order valence-corrected chi connectivity index (χ1v) is 10.4. The number of fused-ring (bicyclic) bond motifs is 1. The molecule has 0 saturated heterocycles. The molecule has 0 saturated carbocycles. The molecule has 2 aromatic rings. The van der Waals surface area contributed by atoms with Crippen LogP contribution in [0.1, 0.15) is 63.5 Å². The predicted molar refractivity (Wildman–Crippen MR) is 98.4 cm³/mol. The molecule has 0 fully saturated rings. The van der Waals surface area contributed by atoms with Crippen molar-refractivity contribution in [3.05, 3.63) is 41.5 Å². The van der Waals surface area contributed by atoms with Crippen LogP contribution in [0.5, 0.6) is 0 Å². The van der Waals surface area contributed by atoms with E-state index in [2.05, 4.69) is 13.8 Å². The van der Waals surface area contributed by atoms with Gasteiger partial charge in [-0.3, -0.25) is 0 Å². The first-order chi connectivity index (χ1) is 11.5. The van der Waals surface area contributed by atoms with Crippen LogP contribution in [-0.4, -0.2) is 13.0 Å². The summed E-state index contributed by atoms with van der Waals surface area (Å²) >= 11 is 0. The Labute approximate surface area is 194 Å². The zero-order valence-corrected chi connectivity index (χ0v) is 19.6. The summed E-state index contributed by atoms with van der Waals surface area (Å²) in [5, 5.41) is 1.50. The Hall–Kier alpha value is 0.246. The average molecular weight is 387 g/mol. The van der Waals surface area contributed by atoms with Gasteiger partial charge in [-0.2, -0.15) is 0 Å². The molecule has 0 aromatic heterocycles. The Bertz CT molecular complexity index is 785. The Kier molecular flexibility index (Phi) is 10.4. The summed E-state index contributed by atoms with van der Waals surface area (Å²) in [7, 11) is -4.47. The second-order valence-electron chi connectivity index (χ2n) is 6.43. The molecule has 25 heavy (non-hydrogen) atoms. The van der Waals surface area contributed by atoms with Crippen LogP contribution < -0.4 is 51.4 Å². The second kappa shape index (κ2) is 11.2. The van der Waals surface area contributed by atoms with Gasteiger partial charge in [0.2, 0.25) is 0 Å². The van der Waals surface area contributed by atoms with Gasteiger partial charge in [0.05, 0.1) is 4.90 Å². The smallest absolute Gasteiger partial charge is 0.744 e. The van der Waals surface area contributed by atoms with E-state index in [0.29, 0.717) is 5.39 Å². The number of hydrogen-bond donors (Lipinski definition) is 0. The molecule has 0 unspecified atom stereocenters. The third kappa shape index (κ3) is 6.42. The van der Waals surface area contributed by atoms with Gasteiger partial charge in [0.1, 0.15) is 10.1 Å². The third-order valence-electron chi connectivity index (χ3n) is 4.56. The molecule has 0 amide bonds. The molecule has 132 valence electrons. The van der Waals surface area contributed by atoms with Crippen LogP contribution in [0.25, 0.3) is 10.8 Å². The Morgan fingerprint density at radius 1 is 0.880 bits per heavy atom. The van der Waals surface area contributed by atoms with Gasteiger partial charge in [-0.15, -0.1) is 0 Å². The van der Waals surface area contributed by atoms with E-state index < -0.39 is 10.1 Å². The van der Waals surface area contributed by atoms with Crippen molar-refractivity contribution in [1.82, 2.24) is 0 Å². The Balaban J connectivity index is 0.00000312. The molecule has 3 nitrogen and oxygen atoms in total. The molecular weight excluding hydrogens is 359 g/mol. The number of rotatable bonds is 9. The quantitative estimate of drug-likeness (QED) is 0.377. The number of benzene rings is 2. The van der Waals surface area contributed by atoms with Crippen molar-refractivity contribution in [2.24, 2.45) is 0 Å². The fourth-order valence-electron chi connectivity index (χ4n) is 3.30. The van der Waals surface area contributed by atoms with Crippen molar-refractivity contribution in [3.8, 4) is 0 Å². The van der Waals surface area contributed by atoms with Gasteiger partial charge >= 0.3 is 51.4 Å². The summed E-state index contributed by atoms with van der Waals surface area (Å²) in [6, 6.07) is 9.06. The van der Waals surface area contributed by atoms with Crippen LogP contribution in [0.3, 0.4) is 0 Å². The zero-order chi connectivity index (χ0) is 17.6. The van der Waals surface area contributed by atoms with Crippen molar-refractivity contribution in [3.63, 3.8) is 0 Å². The number of hydrogen-bond acceptors (Lipinski definition) is 3. The molecule has 0 aliphatic carbocycles. The fraction of sp³-hybridized carbons (Fsp3) is 0.500. The van der Waals surface area contributed by atoms with Crippen LogP contribution in [0.4, 0.5) is 0 Å². The summed E-state index contributed by atoms with van der Waals surface area (Å²) < 4.78 is 35.2. The van der Waals surface area contributed by atoms with E-state index in [1.807, 2.05) is 12.1 Å². The maximum absolute atomic E-state index is 11.7. The summed E-state index contributed by atoms with van der Waals surface area (Å²) in [6.45, 7) is 4.32. The SMILES string of the molecule is CCCCCc1cc(S(=O)(=O)[O-])c2ccccc2c1CCCCC.[K+]. The molecule has 0 heterocycles. The largest absolute Gasteiger partial charge is 1.00 e. The zero-order valence-electron chi connectivity index (χ0n) is 15.7. The van der Waals surface area contributed by atoms with E-state index in [0.717, 1.165) is 62.3 Å². The monoisotopic (exact) mass is 386 g/mol. The molecule has 2 aromatic carbocycles. The normalized spacial score (nSPS) is 11.5. The Morgan fingerprint density at radius 2 is 1.44 bits per heavy atom. The maximum atomic E-state index is 11.7. The molecule has 2 rings (SSSR count). The maximum Gasteiger partial charge on any atom is 1.00 e. The third-order valence-corrected chi connectivity index (χ3v) is 5.44. The van der Waals surface area contributed by atoms with Gasteiger partial charge in [-0.05, 0) is 53.6 Å². The minimum absolute atomic E-state index is 0. The van der Waals surface area contributed by atoms with Crippen LogP contribution in [0.15, 0.2) is 35.2 Å². The van der Waals surface area contributed by atoms with Crippen molar-refractivity contribution in [1.29, 1.82) is 0 Å². The molecule has 0 spiro atoms. The molecule has 5 heteroatoms. The molecule has 0 radical (unpaired) electrons. The van der Waals surface area contributed by atoms with E-state index in [1.54, 1.807) is 18.2 Å². The molecular formula is C20H27KO3S. The van der Waals surface area contributed by atoms with E-state index in [4.69, 9.17) is 0 Å². The minimum Gasteiger partial charge on any atom is -0.744 e. The van der Waals surface area contributed by atoms with E-state index in [9.17, 15) is 13.0 Å². The summed E-state index contributed by atoms with van der Waals surface area (Å²) in [4.78, 5) is -0.0659. The average Bonchev–Trinajstić information content (AvgIpc) is 2.55. The second-order valence-corrected chi connectivity index (χ2v) is 7.77. The predicted octanol–water partition coefficient (Wildman–Crippen LogP) is 2.21. The van der Waals surface area contributed by atoms with Gasteiger partial charge < -0.3 is 4.55 Å². The van der Waals surface area contributed by atoms with Crippen molar-refractivity contribution in [2.75, 3.05) is 0 Å². The van der Waals surface area contributed by atoms with Gasteiger partial charge in [0.25, 0.3) is 0 Å². The van der Waals surface area contributed by atoms with Crippen molar-refractivity contribution < 1.29 is 64.4 Å². The first-order valence-electron chi connectivity index (χ1n) is 8.98. The van der Waals surface area contributed by atoms with Gasteiger partial charge in [0, 0.05) is 0 Å². The molecule has 0 bridgehead atoms. The van der Waals surface area contributed by atoms with Crippen molar-refractivity contribution in [2.45, 2.75) is 70.1 Å². The van der Waals surface area contributed by atoms with Crippen LogP contribution in [0.2, 0.25) is 0 Å². The number of aryl methyl sites for hydroxylation is 2. The topological polar surface area (TPSA) is 57.2 Å². The van der Waals surface area contributed by atoms with Gasteiger partial charge in [-0.25, -0.2) is 8.42 Å². The standard InChI is InChI=1S/C20H28O3S.K/c1-3-5-7-11-16-15-20(24(21,22)23)19-14-10-9-13-18(19)17(16)12-8-6-4-2;/h9-10,13-15H,3-8,11-12H2,1-2H3,(H,21,22,23);/q;+1/p-1. The van der Waals surface area contributed by atoms with E-state index in [1.165, 1.54) is 5.56 Å². The first kappa shape index (κ1) is 23.3. The molecule has 0 aliphatic heterocycles.